The van der Waals surface area contributed by atoms with Crippen LogP contribution in [0.5, 0.6) is 5.75 Å². The van der Waals surface area contributed by atoms with Gasteiger partial charge >= 0.3 is 5.97 Å². The van der Waals surface area contributed by atoms with Gasteiger partial charge in [-0.2, -0.15) is 0 Å². The van der Waals surface area contributed by atoms with Gasteiger partial charge in [-0.3, -0.25) is 4.79 Å². The average Bonchev–Trinajstić information content (AvgIpc) is 2.97. The lowest BCUT2D eigenvalue weighted by atomic mass is 10.1. The summed E-state index contributed by atoms with van der Waals surface area (Å²) in [5.41, 5.74) is 1.37. The van der Waals surface area contributed by atoms with Gasteiger partial charge in [-0.25, -0.2) is 4.79 Å². The highest BCUT2D eigenvalue weighted by Crippen LogP contribution is 2.32. The molecule has 7 heteroatoms. The fraction of sp³-hybridized carbons (Fsp3) is 0.444. The summed E-state index contributed by atoms with van der Waals surface area (Å²) in [6, 6.07) is 5.36. The van der Waals surface area contributed by atoms with E-state index >= 15 is 0 Å². The summed E-state index contributed by atoms with van der Waals surface area (Å²) in [4.78, 5) is 27.5. The van der Waals surface area contributed by atoms with Crippen molar-refractivity contribution in [1.82, 2.24) is 4.98 Å². The van der Waals surface area contributed by atoms with Crippen molar-refractivity contribution >= 4 is 44.4 Å². The first-order chi connectivity index (χ1) is 12.0. The Bertz CT molecular complexity index is 757. The summed E-state index contributed by atoms with van der Waals surface area (Å²) in [5.74, 6) is -0.0610. The van der Waals surface area contributed by atoms with E-state index in [2.05, 4.69) is 33.2 Å². The van der Waals surface area contributed by atoms with E-state index in [1.165, 1.54) is 0 Å². The molecule has 2 aromatic rings. The maximum absolute atomic E-state index is 12.5. The summed E-state index contributed by atoms with van der Waals surface area (Å²) in [5, 5.41) is 3.56. The Morgan fingerprint density at radius 3 is 2.72 bits per heavy atom. The van der Waals surface area contributed by atoms with Gasteiger partial charge in [0.2, 0.25) is 5.91 Å². The molecule has 1 aromatic carbocycles. The van der Waals surface area contributed by atoms with Crippen molar-refractivity contribution in [3.8, 4) is 5.75 Å². The number of aromatic amines is 1. The van der Waals surface area contributed by atoms with Crippen molar-refractivity contribution in [2.24, 2.45) is 0 Å². The van der Waals surface area contributed by atoms with E-state index in [4.69, 9.17) is 9.47 Å². The number of fused-ring (bicyclic) bond motifs is 1. The third kappa shape index (κ3) is 4.54. The van der Waals surface area contributed by atoms with Gasteiger partial charge in [-0.1, -0.05) is 35.7 Å². The standard InChI is InChI=1S/C18H23BrN2O4/c1-4-6-7-13(19)17(22)21-15-12-10-11(24-3)8-9-14(12)20-16(15)18(23)25-5-2/h8-10,13,20H,4-7H2,1-3H3,(H,21,22)/t13-/m1/s1. The van der Waals surface area contributed by atoms with Crippen LogP contribution in [-0.4, -0.2) is 35.4 Å². The molecule has 0 saturated carbocycles. The smallest absolute Gasteiger partial charge is 0.356 e. The molecule has 1 heterocycles. The summed E-state index contributed by atoms with van der Waals surface area (Å²) < 4.78 is 10.3. The zero-order valence-corrected chi connectivity index (χ0v) is 16.2. The van der Waals surface area contributed by atoms with Crippen molar-refractivity contribution < 1.29 is 19.1 Å². The van der Waals surface area contributed by atoms with Gasteiger partial charge in [0.25, 0.3) is 0 Å². The zero-order chi connectivity index (χ0) is 18.4. The van der Waals surface area contributed by atoms with Crippen LogP contribution in [0.3, 0.4) is 0 Å². The van der Waals surface area contributed by atoms with E-state index in [-0.39, 0.29) is 23.0 Å². The van der Waals surface area contributed by atoms with Crippen LogP contribution in [0, 0.1) is 0 Å². The van der Waals surface area contributed by atoms with Gasteiger partial charge in [0.05, 0.1) is 24.2 Å². The second-order valence-corrected chi connectivity index (χ2v) is 6.71. The van der Waals surface area contributed by atoms with Crippen molar-refractivity contribution in [1.29, 1.82) is 0 Å². The summed E-state index contributed by atoms with van der Waals surface area (Å²) in [7, 11) is 1.57. The normalized spacial score (nSPS) is 12.0. The third-order valence-corrected chi connectivity index (χ3v) is 4.70. The Morgan fingerprint density at radius 2 is 2.08 bits per heavy atom. The van der Waals surface area contributed by atoms with E-state index < -0.39 is 5.97 Å². The Balaban J connectivity index is 2.41. The number of hydrogen-bond donors (Lipinski definition) is 2. The van der Waals surface area contributed by atoms with Gasteiger partial charge in [-0.05, 0) is 31.5 Å². The Morgan fingerprint density at radius 1 is 1.32 bits per heavy atom. The number of carbonyl (C=O) groups is 2. The van der Waals surface area contributed by atoms with Crippen LogP contribution < -0.4 is 10.1 Å². The summed E-state index contributed by atoms with van der Waals surface area (Å²) >= 11 is 3.41. The molecule has 0 aliphatic carbocycles. The number of anilines is 1. The molecule has 0 radical (unpaired) electrons. The number of rotatable bonds is 8. The number of hydrogen-bond acceptors (Lipinski definition) is 4. The molecule has 0 aliphatic rings. The van der Waals surface area contributed by atoms with Crippen molar-refractivity contribution in [3.05, 3.63) is 23.9 Å². The van der Waals surface area contributed by atoms with Gasteiger partial charge in [0, 0.05) is 10.9 Å². The minimum atomic E-state index is -0.507. The molecular weight excluding hydrogens is 388 g/mol. The molecule has 25 heavy (non-hydrogen) atoms. The van der Waals surface area contributed by atoms with Crippen LogP contribution in [0.15, 0.2) is 18.2 Å². The van der Waals surface area contributed by atoms with E-state index in [1.807, 2.05) is 0 Å². The molecule has 0 unspecified atom stereocenters. The van der Waals surface area contributed by atoms with Crippen molar-refractivity contribution in [3.63, 3.8) is 0 Å². The number of H-pyrrole nitrogens is 1. The largest absolute Gasteiger partial charge is 0.497 e. The number of ether oxygens (including phenoxy) is 2. The number of esters is 1. The molecular formula is C18H23BrN2O4. The van der Waals surface area contributed by atoms with Crippen molar-refractivity contribution in [2.75, 3.05) is 19.0 Å². The Labute approximate surface area is 155 Å². The molecule has 0 fully saturated rings. The lowest BCUT2D eigenvalue weighted by molar-refractivity contribution is -0.115. The number of halogens is 1. The maximum Gasteiger partial charge on any atom is 0.356 e. The van der Waals surface area contributed by atoms with Crippen LogP contribution in [0.2, 0.25) is 0 Å². The zero-order valence-electron chi connectivity index (χ0n) is 14.6. The lowest BCUT2D eigenvalue weighted by Crippen LogP contribution is -2.24. The second-order valence-electron chi connectivity index (χ2n) is 5.61. The number of aromatic nitrogens is 1. The number of unbranched alkanes of at least 4 members (excludes halogenated alkanes) is 1. The SMILES string of the molecule is CCCC[C@@H](Br)C(=O)Nc1c(C(=O)OCC)[nH]c2ccc(OC)cc12. The van der Waals surface area contributed by atoms with Crippen LogP contribution in [0.1, 0.15) is 43.6 Å². The van der Waals surface area contributed by atoms with Crippen LogP contribution in [0.4, 0.5) is 5.69 Å². The van der Waals surface area contributed by atoms with E-state index in [1.54, 1.807) is 32.2 Å². The predicted molar refractivity (Wildman–Crippen MR) is 102 cm³/mol. The van der Waals surface area contributed by atoms with Gasteiger partial charge < -0.3 is 19.8 Å². The highest BCUT2D eigenvalue weighted by atomic mass is 79.9. The lowest BCUT2D eigenvalue weighted by Gasteiger charge is -2.11. The molecule has 2 rings (SSSR count). The fourth-order valence-corrected chi connectivity index (χ4v) is 2.94. The summed E-state index contributed by atoms with van der Waals surface area (Å²) in [6.45, 7) is 4.06. The number of carbonyl (C=O) groups excluding carboxylic acids is 2. The quantitative estimate of drug-likeness (QED) is 0.503. The van der Waals surface area contributed by atoms with E-state index in [0.29, 0.717) is 16.8 Å². The highest BCUT2D eigenvalue weighted by molar-refractivity contribution is 9.10. The van der Waals surface area contributed by atoms with Crippen molar-refractivity contribution in [2.45, 2.75) is 37.9 Å². The van der Waals surface area contributed by atoms with E-state index in [0.717, 1.165) is 24.8 Å². The predicted octanol–water partition coefficient (Wildman–Crippen LogP) is 4.25. The molecule has 136 valence electrons. The molecule has 1 atom stereocenters. The summed E-state index contributed by atoms with van der Waals surface area (Å²) in [6.07, 6.45) is 2.67. The first-order valence-electron chi connectivity index (χ1n) is 8.33. The molecule has 0 aliphatic heterocycles. The fourth-order valence-electron chi connectivity index (χ4n) is 2.50. The number of alkyl halides is 1. The number of nitrogens with one attached hydrogen (secondary N) is 2. The molecule has 1 aromatic heterocycles. The molecule has 0 spiro atoms. The highest BCUT2D eigenvalue weighted by Gasteiger charge is 2.23. The Kier molecular flexibility index (Phi) is 6.87. The molecule has 2 N–H and O–H groups in total. The van der Waals surface area contributed by atoms with E-state index in [9.17, 15) is 9.59 Å². The minimum Gasteiger partial charge on any atom is -0.497 e. The monoisotopic (exact) mass is 410 g/mol. The minimum absolute atomic E-state index is 0.192. The topological polar surface area (TPSA) is 80.4 Å². The second kappa shape index (κ2) is 8.89. The number of benzene rings is 1. The first kappa shape index (κ1) is 19.3. The molecule has 6 nitrogen and oxygen atoms in total. The third-order valence-electron chi connectivity index (χ3n) is 3.83. The molecule has 0 bridgehead atoms. The van der Waals surface area contributed by atoms with Gasteiger partial charge in [0.1, 0.15) is 11.4 Å². The number of methoxy groups -OCH3 is 1. The first-order valence-corrected chi connectivity index (χ1v) is 9.25. The number of amides is 1. The average molecular weight is 411 g/mol. The van der Waals surface area contributed by atoms with Gasteiger partial charge in [-0.15, -0.1) is 0 Å². The van der Waals surface area contributed by atoms with Gasteiger partial charge in [0.15, 0.2) is 0 Å². The van der Waals surface area contributed by atoms with Crippen LogP contribution in [-0.2, 0) is 9.53 Å². The van der Waals surface area contributed by atoms with Crippen LogP contribution >= 0.6 is 15.9 Å². The molecule has 1 amide bonds. The Hall–Kier alpha value is -2.02. The molecule has 0 saturated heterocycles. The maximum atomic E-state index is 12.5. The van der Waals surface area contributed by atoms with Crippen LogP contribution in [0.25, 0.3) is 10.9 Å².